The molecule has 1 aromatic heterocycles. The van der Waals surface area contributed by atoms with Gasteiger partial charge in [-0.15, -0.1) is 10.2 Å². The molecule has 0 fully saturated rings. The van der Waals surface area contributed by atoms with E-state index in [1.54, 1.807) is 35.9 Å². The molecule has 0 aliphatic heterocycles. The lowest BCUT2D eigenvalue weighted by atomic mass is 10.2. The second-order valence-corrected chi connectivity index (χ2v) is 7.96. The Hall–Kier alpha value is -2.43. The van der Waals surface area contributed by atoms with Gasteiger partial charge >= 0.3 is 6.18 Å². The van der Waals surface area contributed by atoms with Crippen LogP contribution in [0.15, 0.2) is 47.6 Å². The summed E-state index contributed by atoms with van der Waals surface area (Å²) in [7, 11) is 1.70. The maximum Gasteiger partial charge on any atom is 0.416 e. The fourth-order valence-corrected chi connectivity index (χ4v) is 3.50. The van der Waals surface area contributed by atoms with Crippen molar-refractivity contribution in [1.82, 2.24) is 14.8 Å². The molecule has 0 saturated carbocycles. The van der Waals surface area contributed by atoms with Gasteiger partial charge in [-0.1, -0.05) is 47.1 Å². The Morgan fingerprint density at radius 1 is 1.16 bits per heavy atom. The van der Waals surface area contributed by atoms with Gasteiger partial charge in [-0.05, 0) is 30.3 Å². The molecule has 31 heavy (non-hydrogen) atoms. The van der Waals surface area contributed by atoms with Crippen molar-refractivity contribution in [2.75, 3.05) is 11.1 Å². The number of thioether (sulfide) groups is 1. The van der Waals surface area contributed by atoms with E-state index in [0.717, 1.165) is 30.0 Å². The monoisotopic (exact) mass is 490 g/mol. The zero-order chi connectivity index (χ0) is 22.6. The number of nitrogens with one attached hydrogen (secondary N) is 1. The van der Waals surface area contributed by atoms with Crippen molar-refractivity contribution in [3.8, 4) is 5.75 Å². The van der Waals surface area contributed by atoms with Crippen LogP contribution in [0.25, 0.3) is 0 Å². The molecule has 164 valence electrons. The Bertz CT molecular complexity index is 1090. The minimum atomic E-state index is -4.54. The number of anilines is 1. The van der Waals surface area contributed by atoms with Gasteiger partial charge < -0.3 is 14.6 Å². The van der Waals surface area contributed by atoms with Gasteiger partial charge in [0, 0.05) is 7.05 Å². The lowest BCUT2D eigenvalue weighted by Gasteiger charge is -2.11. The molecule has 12 heteroatoms. The molecule has 0 radical (unpaired) electrons. The number of halogens is 5. The quantitative estimate of drug-likeness (QED) is 0.446. The number of rotatable bonds is 7. The van der Waals surface area contributed by atoms with Crippen molar-refractivity contribution in [1.29, 1.82) is 0 Å². The van der Waals surface area contributed by atoms with Gasteiger partial charge in [0.15, 0.2) is 11.0 Å². The normalized spacial score (nSPS) is 11.4. The van der Waals surface area contributed by atoms with Crippen LogP contribution in [-0.2, 0) is 24.6 Å². The van der Waals surface area contributed by atoms with Crippen LogP contribution in [-0.4, -0.2) is 26.4 Å². The number of carbonyl (C=O) groups excluding carboxylic acids is 1. The molecule has 0 spiro atoms. The van der Waals surface area contributed by atoms with Gasteiger partial charge in [-0.3, -0.25) is 4.79 Å². The average Bonchev–Trinajstić information content (AvgIpc) is 3.06. The number of alkyl halides is 3. The van der Waals surface area contributed by atoms with Crippen LogP contribution in [0, 0.1) is 0 Å². The van der Waals surface area contributed by atoms with Crippen molar-refractivity contribution in [2.45, 2.75) is 17.9 Å². The van der Waals surface area contributed by atoms with E-state index in [2.05, 4.69) is 15.5 Å². The predicted octanol–water partition coefficient (Wildman–Crippen LogP) is 5.45. The summed E-state index contributed by atoms with van der Waals surface area (Å²) in [5.41, 5.74) is -1.02. The number of amides is 1. The SMILES string of the molecule is Cn1c(COc2ccccc2Cl)nnc1SCC(=O)Nc1cc(C(F)(F)F)ccc1Cl. The Labute approximate surface area is 189 Å². The molecule has 0 saturated heterocycles. The Kier molecular flexibility index (Phi) is 7.34. The lowest BCUT2D eigenvalue weighted by Crippen LogP contribution is -2.16. The van der Waals surface area contributed by atoms with E-state index in [-0.39, 0.29) is 23.1 Å². The van der Waals surface area contributed by atoms with Gasteiger partial charge in [-0.2, -0.15) is 13.2 Å². The standard InChI is InChI=1S/C19H15Cl2F3N4O2S/c1-28-16(9-30-15-5-3-2-4-13(15)21)26-27-18(28)31-10-17(29)25-14-8-11(19(22,23)24)6-7-12(14)20/h2-8H,9-10H2,1H3,(H,25,29). The van der Waals surface area contributed by atoms with E-state index in [1.807, 2.05) is 0 Å². The molecule has 1 heterocycles. The zero-order valence-electron chi connectivity index (χ0n) is 15.9. The first-order valence-corrected chi connectivity index (χ1v) is 10.4. The summed E-state index contributed by atoms with van der Waals surface area (Å²) in [5.74, 6) is 0.356. The average molecular weight is 491 g/mol. The van der Waals surface area contributed by atoms with E-state index < -0.39 is 17.6 Å². The van der Waals surface area contributed by atoms with Crippen molar-refractivity contribution < 1.29 is 22.7 Å². The highest BCUT2D eigenvalue weighted by Crippen LogP contribution is 2.34. The summed E-state index contributed by atoms with van der Waals surface area (Å²) in [6.45, 7) is 0.111. The van der Waals surface area contributed by atoms with Crippen molar-refractivity contribution in [3.63, 3.8) is 0 Å². The fourth-order valence-electron chi connectivity index (χ4n) is 2.41. The molecule has 1 N–H and O–H groups in total. The van der Waals surface area contributed by atoms with Crippen LogP contribution in [0.2, 0.25) is 10.0 Å². The number of benzene rings is 2. The van der Waals surface area contributed by atoms with Crippen LogP contribution in [0.3, 0.4) is 0 Å². The third-order valence-electron chi connectivity index (χ3n) is 4.02. The number of ether oxygens (including phenoxy) is 1. The summed E-state index contributed by atoms with van der Waals surface area (Å²) in [5, 5.41) is 11.3. The Morgan fingerprint density at radius 3 is 2.61 bits per heavy atom. The molecular formula is C19H15Cl2F3N4O2S. The van der Waals surface area contributed by atoms with Gasteiger partial charge in [0.2, 0.25) is 5.91 Å². The van der Waals surface area contributed by atoms with E-state index in [0.29, 0.717) is 21.8 Å². The minimum Gasteiger partial charge on any atom is -0.484 e. The molecule has 1 amide bonds. The van der Waals surface area contributed by atoms with Gasteiger partial charge in [0.1, 0.15) is 12.4 Å². The number of carbonyl (C=O) groups is 1. The fraction of sp³-hybridized carbons (Fsp3) is 0.211. The largest absolute Gasteiger partial charge is 0.484 e. The number of hydrogen-bond donors (Lipinski definition) is 1. The highest BCUT2D eigenvalue weighted by atomic mass is 35.5. The number of aromatic nitrogens is 3. The van der Waals surface area contributed by atoms with E-state index >= 15 is 0 Å². The van der Waals surface area contributed by atoms with Crippen LogP contribution in [0.5, 0.6) is 5.75 Å². The van der Waals surface area contributed by atoms with Gasteiger partial charge in [-0.25, -0.2) is 0 Å². The van der Waals surface area contributed by atoms with Crippen molar-refractivity contribution in [2.24, 2.45) is 7.05 Å². The third kappa shape index (κ3) is 6.05. The lowest BCUT2D eigenvalue weighted by molar-refractivity contribution is -0.137. The zero-order valence-corrected chi connectivity index (χ0v) is 18.2. The van der Waals surface area contributed by atoms with E-state index in [9.17, 15) is 18.0 Å². The second kappa shape index (κ2) is 9.80. The van der Waals surface area contributed by atoms with Crippen molar-refractivity contribution >= 4 is 46.6 Å². The van der Waals surface area contributed by atoms with Gasteiger partial charge in [0.05, 0.1) is 27.0 Å². The molecule has 0 bridgehead atoms. The van der Waals surface area contributed by atoms with Crippen LogP contribution in [0.1, 0.15) is 11.4 Å². The summed E-state index contributed by atoms with van der Waals surface area (Å²) >= 11 is 13.0. The maximum atomic E-state index is 12.9. The number of nitrogens with zero attached hydrogens (tertiary/aromatic N) is 3. The Balaban J connectivity index is 1.58. The highest BCUT2D eigenvalue weighted by Gasteiger charge is 2.31. The molecule has 0 atom stereocenters. The molecule has 3 rings (SSSR count). The third-order valence-corrected chi connectivity index (χ3v) is 5.68. The summed E-state index contributed by atoms with van der Waals surface area (Å²) < 4.78 is 45.8. The van der Waals surface area contributed by atoms with Crippen LogP contribution in [0.4, 0.5) is 18.9 Å². The first-order chi connectivity index (χ1) is 14.6. The smallest absolute Gasteiger partial charge is 0.416 e. The summed E-state index contributed by atoms with van der Waals surface area (Å²) in [6.07, 6.45) is -4.54. The predicted molar refractivity (Wildman–Crippen MR) is 113 cm³/mol. The molecule has 0 aliphatic carbocycles. The molecular weight excluding hydrogens is 476 g/mol. The molecule has 3 aromatic rings. The summed E-state index contributed by atoms with van der Waals surface area (Å²) in [4.78, 5) is 12.2. The molecule has 6 nitrogen and oxygen atoms in total. The van der Waals surface area contributed by atoms with Crippen LogP contribution >= 0.6 is 35.0 Å². The maximum absolute atomic E-state index is 12.9. The van der Waals surface area contributed by atoms with E-state index in [4.69, 9.17) is 27.9 Å². The van der Waals surface area contributed by atoms with Crippen molar-refractivity contribution in [3.05, 3.63) is 63.9 Å². The number of hydrogen-bond acceptors (Lipinski definition) is 5. The molecule has 0 unspecified atom stereocenters. The number of para-hydroxylation sites is 1. The topological polar surface area (TPSA) is 69.0 Å². The molecule has 0 aliphatic rings. The molecule has 2 aromatic carbocycles. The highest BCUT2D eigenvalue weighted by molar-refractivity contribution is 7.99. The van der Waals surface area contributed by atoms with E-state index in [1.165, 1.54) is 0 Å². The minimum absolute atomic E-state index is 0.00372. The first-order valence-electron chi connectivity index (χ1n) is 8.70. The van der Waals surface area contributed by atoms with Gasteiger partial charge in [0.25, 0.3) is 0 Å². The Morgan fingerprint density at radius 2 is 1.90 bits per heavy atom. The van der Waals surface area contributed by atoms with Crippen LogP contribution < -0.4 is 10.1 Å². The summed E-state index contributed by atoms with van der Waals surface area (Å²) in [6, 6.07) is 9.71. The first kappa shape index (κ1) is 23.2. The second-order valence-electron chi connectivity index (χ2n) is 6.21.